The summed E-state index contributed by atoms with van der Waals surface area (Å²) in [7, 11) is 0. The van der Waals surface area contributed by atoms with Crippen molar-refractivity contribution >= 4 is 10.9 Å². The fraction of sp³-hybridized carbons (Fsp3) is 0.300. The van der Waals surface area contributed by atoms with Crippen LogP contribution in [0.2, 0.25) is 0 Å². The molecule has 0 spiro atoms. The summed E-state index contributed by atoms with van der Waals surface area (Å²) >= 11 is 0. The maximum atomic E-state index is 3.60. The van der Waals surface area contributed by atoms with E-state index >= 15 is 0 Å². The van der Waals surface area contributed by atoms with Gasteiger partial charge < -0.3 is 9.88 Å². The molecule has 22 heavy (non-hydrogen) atoms. The zero-order valence-corrected chi connectivity index (χ0v) is 13.4. The Morgan fingerprint density at radius 1 is 1.00 bits per heavy atom. The van der Waals surface area contributed by atoms with Crippen LogP contribution in [0.25, 0.3) is 10.9 Å². The number of rotatable bonds is 6. The monoisotopic (exact) mass is 292 g/mol. The molecule has 1 aromatic heterocycles. The number of fused-ring (bicyclic) bond motifs is 1. The molecule has 0 fully saturated rings. The lowest BCUT2D eigenvalue weighted by atomic mass is 10.1. The van der Waals surface area contributed by atoms with Crippen molar-refractivity contribution in [3.05, 3.63) is 71.9 Å². The van der Waals surface area contributed by atoms with Gasteiger partial charge in [0.25, 0.3) is 0 Å². The van der Waals surface area contributed by atoms with Gasteiger partial charge in [-0.15, -0.1) is 0 Å². The van der Waals surface area contributed by atoms with Crippen molar-refractivity contribution in [2.45, 2.75) is 39.4 Å². The van der Waals surface area contributed by atoms with E-state index < -0.39 is 0 Å². The molecule has 0 aliphatic rings. The van der Waals surface area contributed by atoms with Crippen molar-refractivity contribution in [3.8, 4) is 0 Å². The Hall–Kier alpha value is -2.06. The quantitative estimate of drug-likeness (QED) is 0.704. The second-order valence-corrected chi connectivity index (χ2v) is 5.98. The van der Waals surface area contributed by atoms with Crippen molar-refractivity contribution in [1.29, 1.82) is 0 Å². The lowest BCUT2D eigenvalue weighted by Crippen LogP contribution is -2.24. The van der Waals surface area contributed by atoms with Crippen LogP contribution in [0.3, 0.4) is 0 Å². The van der Waals surface area contributed by atoms with E-state index in [1.165, 1.54) is 22.0 Å². The highest BCUT2D eigenvalue weighted by molar-refractivity contribution is 5.84. The second-order valence-electron chi connectivity index (χ2n) is 5.98. The molecule has 0 saturated heterocycles. The normalized spacial score (nSPS) is 12.6. The van der Waals surface area contributed by atoms with Gasteiger partial charge in [0.1, 0.15) is 0 Å². The lowest BCUT2D eigenvalue weighted by Gasteiger charge is -2.10. The largest absolute Gasteiger partial charge is 0.343 e. The predicted octanol–water partition coefficient (Wildman–Crippen LogP) is 4.58. The number of para-hydroxylation sites is 1. The zero-order chi connectivity index (χ0) is 15.4. The van der Waals surface area contributed by atoms with Crippen LogP contribution in [0.5, 0.6) is 0 Å². The van der Waals surface area contributed by atoms with Gasteiger partial charge in [-0.05, 0) is 30.5 Å². The van der Waals surface area contributed by atoms with Crippen molar-refractivity contribution in [3.63, 3.8) is 0 Å². The lowest BCUT2D eigenvalue weighted by molar-refractivity contribution is 0.535. The third-order valence-corrected chi connectivity index (χ3v) is 4.32. The van der Waals surface area contributed by atoms with Crippen LogP contribution in [0.1, 0.15) is 31.4 Å². The summed E-state index contributed by atoms with van der Waals surface area (Å²) in [6.45, 7) is 6.31. The number of benzene rings is 2. The number of aromatic nitrogens is 1. The minimum atomic E-state index is 0.552. The van der Waals surface area contributed by atoms with Crippen LogP contribution in [-0.4, -0.2) is 10.6 Å². The van der Waals surface area contributed by atoms with Gasteiger partial charge >= 0.3 is 0 Å². The maximum absolute atomic E-state index is 3.60. The molecule has 0 aliphatic heterocycles. The van der Waals surface area contributed by atoms with E-state index in [2.05, 4.69) is 84.5 Å². The van der Waals surface area contributed by atoms with E-state index in [4.69, 9.17) is 0 Å². The Balaban J connectivity index is 1.90. The summed E-state index contributed by atoms with van der Waals surface area (Å²) in [5, 5.41) is 4.96. The molecule has 0 aliphatic carbocycles. The molecular weight excluding hydrogens is 268 g/mol. The van der Waals surface area contributed by atoms with E-state index in [1.807, 2.05) is 0 Å². The fourth-order valence-corrected chi connectivity index (χ4v) is 2.80. The first kappa shape index (κ1) is 14.9. The zero-order valence-electron chi connectivity index (χ0n) is 13.4. The first-order chi connectivity index (χ1) is 10.8. The van der Waals surface area contributed by atoms with E-state index in [1.54, 1.807) is 0 Å². The first-order valence-corrected chi connectivity index (χ1v) is 8.12. The van der Waals surface area contributed by atoms with E-state index in [0.717, 1.165) is 19.5 Å². The number of nitrogens with zero attached hydrogens (tertiary/aromatic N) is 1. The molecule has 1 heterocycles. The molecule has 1 atom stereocenters. The smallest absolute Gasteiger partial charge is 0.0486 e. The van der Waals surface area contributed by atoms with Gasteiger partial charge in [-0.2, -0.15) is 0 Å². The summed E-state index contributed by atoms with van der Waals surface area (Å²) in [6.07, 6.45) is 3.45. The van der Waals surface area contributed by atoms with Gasteiger partial charge in [0, 0.05) is 36.2 Å². The van der Waals surface area contributed by atoms with Crippen LogP contribution in [0, 0.1) is 0 Å². The van der Waals surface area contributed by atoms with Crippen molar-refractivity contribution in [2.75, 3.05) is 0 Å². The molecule has 3 rings (SSSR count). The van der Waals surface area contributed by atoms with Gasteiger partial charge in [-0.3, -0.25) is 0 Å². The number of hydrogen-bond donors (Lipinski definition) is 1. The molecule has 0 amide bonds. The first-order valence-electron chi connectivity index (χ1n) is 8.12. The average molecular weight is 292 g/mol. The van der Waals surface area contributed by atoms with Crippen LogP contribution >= 0.6 is 0 Å². The summed E-state index contributed by atoms with van der Waals surface area (Å²) in [5.41, 5.74) is 4.03. The molecule has 1 N–H and O–H groups in total. The summed E-state index contributed by atoms with van der Waals surface area (Å²) in [6, 6.07) is 19.9. The molecule has 0 radical (unpaired) electrons. The van der Waals surface area contributed by atoms with Crippen molar-refractivity contribution < 1.29 is 0 Å². The Bertz CT molecular complexity index is 728. The Labute approximate surface area is 132 Å². The third-order valence-electron chi connectivity index (χ3n) is 4.32. The van der Waals surface area contributed by atoms with E-state index in [0.29, 0.717) is 6.04 Å². The molecule has 114 valence electrons. The predicted molar refractivity (Wildman–Crippen MR) is 94.1 cm³/mol. The molecular formula is C20H24N2. The molecule has 1 unspecified atom stereocenters. The molecule has 0 saturated carbocycles. The minimum absolute atomic E-state index is 0.552. The molecule has 2 aromatic carbocycles. The highest BCUT2D eigenvalue weighted by Gasteiger charge is 2.09. The SMILES string of the molecule is CCC(C)NCc1cn(Cc2ccccc2)c2ccccc12. The summed E-state index contributed by atoms with van der Waals surface area (Å²) in [4.78, 5) is 0. The summed E-state index contributed by atoms with van der Waals surface area (Å²) < 4.78 is 2.36. The second kappa shape index (κ2) is 6.80. The Morgan fingerprint density at radius 2 is 1.73 bits per heavy atom. The molecule has 0 bridgehead atoms. The van der Waals surface area contributed by atoms with E-state index in [-0.39, 0.29) is 0 Å². The van der Waals surface area contributed by atoms with Gasteiger partial charge in [-0.1, -0.05) is 55.5 Å². The van der Waals surface area contributed by atoms with Gasteiger partial charge in [-0.25, -0.2) is 0 Å². The fourth-order valence-electron chi connectivity index (χ4n) is 2.80. The van der Waals surface area contributed by atoms with Crippen LogP contribution in [-0.2, 0) is 13.1 Å². The highest BCUT2D eigenvalue weighted by atomic mass is 15.0. The molecule has 3 aromatic rings. The van der Waals surface area contributed by atoms with E-state index in [9.17, 15) is 0 Å². The molecule has 2 heteroatoms. The Morgan fingerprint density at radius 3 is 2.50 bits per heavy atom. The third kappa shape index (κ3) is 3.23. The van der Waals surface area contributed by atoms with Gasteiger partial charge in [0.05, 0.1) is 0 Å². The van der Waals surface area contributed by atoms with Crippen molar-refractivity contribution in [1.82, 2.24) is 9.88 Å². The molecule has 2 nitrogen and oxygen atoms in total. The topological polar surface area (TPSA) is 17.0 Å². The number of nitrogens with one attached hydrogen (secondary N) is 1. The van der Waals surface area contributed by atoms with Gasteiger partial charge in [0.15, 0.2) is 0 Å². The van der Waals surface area contributed by atoms with Crippen molar-refractivity contribution in [2.24, 2.45) is 0 Å². The average Bonchev–Trinajstić information content (AvgIpc) is 2.92. The standard InChI is InChI=1S/C20H24N2/c1-3-16(2)21-13-18-15-22(14-17-9-5-4-6-10-17)20-12-8-7-11-19(18)20/h4-12,15-16,21H,3,13-14H2,1-2H3. The van der Waals surface area contributed by atoms with Crippen LogP contribution < -0.4 is 5.32 Å². The number of hydrogen-bond acceptors (Lipinski definition) is 1. The maximum Gasteiger partial charge on any atom is 0.0486 e. The van der Waals surface area contributed by atoms with Crippen LogP contribution in [0.15, 0.2) is 60.8 Å². The van der Waals surface area contributed by atoms with Gasteiger partial charge in [0.2, 0.25) is 0 Å². The summed E-state index contributed by atoms with van der Waals surface area (Å²) in [5.74, 6) is 0. The minimum Gasteiger partial charge on any atom is -0.343 e. The highest BCUT2D eigenvalue weighted by Crippen LogP contribution is 2.22. The van der Waals surface area contributed by atoms with Crippen LogP contribution in [0.4, 0.5) is 0 Å². The Kier molecular flexibility index (Phi) is 4.59.